The third-order valence-corrected chi connectivity index (χ3v) is 3.07. The first-order valence-corrected chi connectivity index (χ1v) is 5.59. The standard InChI is InChI=1S/C11H26N2O3/c1-8(6-14)9(2)13-11(3,7-12)10(15-4)16-5/h8-10,13-14H,6-7,12H2,1-5H3. The van der Waals surface area contributed by atoms with Crippen molar-refractivity contribution in [1.82, 2.24) is 5.32 Å². The molecule has 0 spiro atoms. The molecule has 5 nitrogen and oxygen atoms in total. The zero-order chi connectivity index (χ0) is 12.8. The quantitative estimate of drug-likeness (QED) is 0.513. The minimum Gasteiger partial charge on any atom is -0.396 e. The first kappa shape index (κ1) is 15.8. The number of ether oxygens (including phenoxy) is 2. The van der Waals surface area contributed by atoms with E-state index in [-0.39, 0.29) is 18.6 Å². The Labute approximate surface area is 98.3 Å². The Hall–Kier alpha value is -0.200. The molecule has 0 radical (unpaired) electrons. The normalized spacial score (nSPS) is 19.5. The lowest BCUT2D eigenvalue weighted by Gasteiger charge is -2.39. The van der Waals surface area contributed by atoms with Gasteiger partial charge in [0.1, 0.15) is 0 Å². The van der Waals surface area contributed by atoms with Crippen LogP contribution in [0.5, 0.6) is 0 Å². The molecule has 0 saturated carbocycles. The average molecular weight is 234 g/mol. The molecule has 3 atom stereocenters. The first-order chi connectivity index (χ1) is 7.45. The zero-order valence-electron chi connectivity index (χ0n) is 11.0. The minimum absolute atomic E-state index is 0.131. The number of aliphatic hydroxyl groups excluding tert-OH is 1. The fraction of sp³-hybridized carbons (Fsp3) is 1.00. The summed E-state index contributed by atoms with van der Waals surface area (Å²) in [4.78, 5) is 0. The van der Waals surface area contributed by atoms with Crippen LogP contribution in [-0.2, 0) is 9.47 Å². The second-order valence-electron chi connectivity index (χ2n) is 4.52. The highest BCUT2D eigenvalue weighted by atomic mass is 16.7. The molecule has 0 aliphatic heterocycles. The van der Waals surface area contributed by atoms with Crippen LogP contribution in [0.1, 0.15) is 20.8 Å². The van der Waals surface area contributed by atoms with E-state index in [1.165, 1.54) is 0 Å². The molecule has 98 valence electrons. The van der Waals surface area contributed by atoms with Gasteiger partial charge in [-0.15, -0.1) is 0 Å². The van der Waals surface area contributed by atoms with E-state index < -0.39 is 11.8 Å². The van der Waals surface area contributed by atoms with Crippen LogP contribution >= 0.6 is 0 Å². The lowest BCUT2D eigenvalue weighted by atomic mass is 9.96. The SMILES string of the molecule is COC(OC)C(C)(CN)NC(C)C(C)CO. The van der Waals surface area contributed by atoms with Crippen LogP contribution < -0.4 is 11.1 Å². The van der Waals surface area contributed by atoms with E-state index in [0.717, 1.165) is 0 Å². The van der Waals surface area contributed by atoms with Crippen molar-refractivity contribution in [2.24, 2.45) is 11.7 Å². The van der Waals surface area contributed by atoms with Crippen molar-refractivity contribution in [1.29, 1.82) is 0 Å². The summed E-state index contributed by atoms with van der Waals surface area (Å²) < 4.78 is 10.5. The molecule has 0 aliphatic carbocycles. The third-order valence-electron chi connectivity index (χ3n) is 3.07. The Bertz CT molecular complexity index is 188. The number of hydrogen-bond donors (Lipinski definition) is 3. The van der Waals surface area contributed by atoms with Crippen molar-refractivity contribution in [3.8, 4) is 0 Å². The molecule has 0 fully saturated rings. The van der Waals surface area contributed by atoms with Crippen LogP contribution in [0.25, 0.3) is 0 Å². The maximum Gasteiger partial charge on any atom is 0.175 e. The molecule has 0 saturated heterocycles. The van der Waals surface area contributed by atoms with Gasteiger partial charge in [-0.05, 0) is 19.8 Å². The van der Waals surface area contributed by atoms with Crippen LogP contribution in [0.2, 0.25) is 0 Å². The van der Waals surface area contributed by atoms with Gasteiger partial charge in [0.2, 0.25) is 0 Å². The summed E-state index contributed by atoms with van der Waals surface area (Å²) >= 11 is 0. The molecule has 0 rings (SSSR count). The maximum absolute atomic E-state index is 9.09. The second kappa shape index (κ2) is 7.19. The summed E-state index contributed by atoms with van der Waals surface area (Å²) in [6.45, 7) is 6.47. The number of aliphatic hydroxyl groups is 1. The molecule has 4 N–H and O–H groups in total. The predicted molar refractivity (Wildman–Crippen MR) is 64.1 cm³/mol. The van der Waals surface area contributed by atoms with Gasteiger partial charge in [-0.25, -0.2) is 0 Å². The number of rotatable bonds is 8. The van der Waals surface area contributed by atoms with Gasteiger partial charge in [0.25, 0.3) is 0 Å². The van der Waals surface area contributed by atoms with Gasteiger partial charge < -0.3 is 25.6 Å². The Morgan fingerprint density at radius 3 is 2.12 bits per heavy atom. The van der Waals surface area contributed by atoms with E-state index in [9.17, 15) is 0 Å². The second-order valence-corrected chi connectivity index (χ2v) is 4.52. The van der Waals surface area contributed by atoms with Gasteiger partial charge in [0, 0.05) is 33.4 Å². The highest BCUT2D eigenvalue weighted by Crippen LogP contribution is 2.15. The van der Waals surface area contributed by atoms with E-state index in [0.29, 0.717) is 6.54 Å². The van der Waals surface area contributed by atoms with Crippen molar-refractivity contribution in [3.63, 3.8) is 0 Å². The molecule has 0 aromatic carbocycles. The van der Waals surface area contributed by atoms with Gasteiger partial charge in [0.05, 0.1) is 5.54 Å². The van der Waals surface area contributed by atoms with Crippen LogP contribution in [0, 0.1) is 5.92 Å². The number of nitrogens with one attached hydrogen (secondary N) is 1. The van der Waals surface area contributed by atoms with E-state index in [1.54, 1.807) is 14.2 Å². The first-order valence-electron chi connectivity index (χ1n) is 5.59. The smallest absolute Gasteiger partial charge is 0.175 e. The van der Waals surface area contributed by atoms with Crippen molar-refractivity contribution >= 4 is 0 Å². The number of hydrogen-bond acceptors (Lipinski definition) is 5. The Morgan fingerprint density at radius 2 is 1.81 bits per heavy atom. The molecule has 16 heavy (non-hydrogen) atoms. The highest BCUT2D eigenvalue weighted by Gasteiger charge is 2.35. The van der Waals surface area contributed by atoms with E-state index in [4.69, 9.17) is 20.3 Å². The van der Waals surface area contributed by atoms with Crippen molar-refractivity contribution < 1.29 is 14.6 Å². The molecule has 0 amide bonds. The fourth-order valence-corrected chi connectivity index (χ4v) is 1.66. The summed E-state index contributed by atoms with van der Waals surface area (Å²) in [6.07, 6.45) is -0.411. The maximum atomic E-state index is 9.09. The van der Waals surface area contributed by atoms with Gasteiger partial charge >= 0.3 is 0 Å². The molecule has 0 aromatic heterocycles. The molecule has 0 heterocycles. The predicted octanol–water partition coefficient (Wildman–Crippen LogP) is -0.0708. The molecular formula is C11H26N2O3. The molecule has 3 unspecified atom stereocenters. The average Bonchev–Trinajstić information content (AvgIpc) is 2.29. The van der Waals surface area contributed by atoms with Gasteiger partial charge in [-0.2, -0.15) is 0 Å². The molecule has 0 aliphatic rings. The molecule has 0 bridgehead atoms. The number of methoxy groups -OCH3 is 2. The lowest BCUT2D eigenvalue weighted by Crippen LogP contribution is -2.62. The van der Waals surface area contributed by atoms with Crippen LogP contribution in [-0.4, -0.2) is 50.3 Å². The fourth-order valence-electron chi connectivity index (χ4n) is 1.66. The highest BCUT2D eigenvalue weighted by molar-refractivity contribution is 4.91. The molecule has 0 aromatic rings. The van der Waals surface area contributed by atoms with E-state index in [2.05, 4.69) is 5.32 Å². The summed E-state index contributed by atoms with van der Waals surface area (Å²) in [7, 11) is 3.17. The number of nitrogens with two attached hydrogens (primary N) is 1. The summed E-state index contributed by atoms with van der Waals surface area (Å²) in [5, 5.41) is 12.5. The van der Waals surface area contributed by atoms with Crippen molar-refractivity contribution in [3.05, 3.63) is 0 Å². The minimum atomic E-state index is -0.466. The Kier molecular flexibility index (Phi) is 7.10. The molecular weight excluding hydrogens is 208 g/mol. The Balaban J connectivity index is 4.57. The Morgan fingerprint density at radius 1 is 1.31 bits per heavy atom. The van der Waals surface area contributed by atoms with Crippen molar-refractivity contribution in [2.75, 3.05) is 27.4 Å². The summed E-state index contributed by atoms with van der Waals surface area (Å²) in [5.41, 5.74) is 5.30. The lowest BCUT2D eigenvalue weighted by molar-refractivity contribution is -0.152. The van der Waals surface area contributed by atoms with Gasteiger partial charge in [0.15, 0.2) is 6.29 Å². The van der Waals surface area contributed by atoms with E-state index >= 15 is 0 Å². The zero-order valence-corrected chi connectivity index (χ0v) is 11.0. The van der Waals surface area contributed by atoms with Gasteiger partial charge in [-0.1, -0.05) is 6.92 Å². The largest absolute Gasteiger partial charge is 0.396 e. The third kappa shape index (κ3) is 3.99. The molecule has 5 heteroatoms. The van der Waals surface area contributed by atoms with E-state index in [1.807, 2.05) is 20.8 Å². The van der Waals surface area contributed by atoms with Crippen LogP contribution in [0.3, 0.4) is 0 Å². The van der Waals surface area contributed by atoms with Crippen molar-refractivity contribution in [2.45, 2.75) is 38.6 Å². The van der Waals surface area contributed by atoms with Crippen LogP contribution in [0.15, 0.2) is 0 Å². The monoisotopic (exact) mass is 234 g/mol. The summed E-state index contributed by atoms with van der Waals surface area (Å²) in [5.74, 6) is 0.153. The topological polar surface area (TPSA) is 76.7 Å². The van der Waals surface area contributed by atoms with Crippen LogP contribution in [0.4, 0.5) is 0 Å². The summed E-state index contributed by atoms with van der Waals surface area (Å²) in [6, 6.07) is 0.131. The van der Waals surface area contributed by atoms with Gasteiger partial charge in [-0.3, -0.25) is 0 Å².